The molecule has 0 amide bonds. The van der Waals surface area contributed by atoms with E-state index in [0.29, 0.717) is 0 Å². The molecule has 0 aliphatic heterocycles. The van der Waals surface area contributed by atoms with Gasteiger partial charge in [0.1, 0.15) is 5.75 Å². The van der Waals surface area contributed by atoms with Crippen molar-refractivity contribution in [3.63, 3.8) is 0 Å². The van der Waals surface area contributed by atoms with E-state index in [0.717, 1.165) is 25.3 Å². The van der Waals surface area contributed by atoms with Crippen LogP contribution in [-0.2, 0) is 11.2 Å². The molecular weight excluding hydrogens is 214 g/mol. The average molecular weight is 237 g/mol. The first kappa shape index (κ1) is 14.0. The maximum atomic E-state index is 5.16. The second-order valence-electron chi connectivity index (χ2n) is 4.84. The van der Waals surface area contributed by atoms with Crippen molar-refractivity contribution in [3.05, 3.63) is 29.8 Å². The smallest absolute Gasteiger partial charge is 0.118 e. The molecular formula is C14H23NO2. The number of methoxy groups -OCH3 is 2. The zero-order chi connectivity index (χ0) is 12.7. The highest BCUT2D eigenvalue weighted by atomic mass is 16.5. The van der Waals surface area contributed by atoms with Gasteiger partial charge in [0, 0.05) is 12.6 Å². The van der Waals surface area contributed by atoms with Crippen molar-refractivity contribution in [3.8, 4) is 5.75 Å². The third-order valence-electron chi connectivity index (χ3n) is 2.68. The lowest BCUT2D eigenvalue weighted by atomic mass is 10.1. The SMILES string of the molecule is COCC(C)(C)NCCc1ccc(OC)cc1. The second kappa shape index (κ2) is 6.62. The van der Waals surface area contributed by atoms with E-state index in [1.54, 1.807) is 14.2 Å². The lowest BCUT2D eigenvalue weighted by Crippen LogP contribution is -2.44. The molecule has 3 nitrogen and oxygen atoms in total. The molecule has 0 unspecified atom stereocenters. The van der Waals surface area contributed by atoms with Crippen LogP contribution in [0.2, 0.25) is 0 Å². The van der Waals surface area contributed by atoms with Gasteiger partial charge in [-0.15, -0.1) is 0 Å². The third kappa shape index (κ3) is 5.20. The Morgan fingerprint density at radius 1 is 1.12 bits per heavy atom. The quantitative estimate of drug-likeness (QED) is 0.789. The minimum atomic E-state index is 0.0290. The van der Waals surface area contributed by atoms with Gasteiger partial charge < -0.3 is 14.8 Å². The minimum absolute atomic E-state index is 0.0290. The van der Waals surface area contributed by atoms with E-state index in [1.807, 2.05) is 12.1 Å². The molecule has 0 bridgehead atoms. The molecule has 0 saturated carbocycles. The first-order chi connectivity index (χ1) is 8.07. The molecule has 0 aromatic heterocycles. The number of hydrogen-bond acceptors (Lipinski definition) is 3. The van der Waals surface area contributed by atoms with Gasteiger partial charge in [-0.1, -0.05) is 12.1 Å². The van der Waals surface area contributed by atoms with Crippen LogP contribution in [0.3, 0.4) is 0 Å². The van der Waals surface area contributed by atoms with Crippen LogP contribution in [0, 0.1) is 0 Å². The molecule has 0 radical (unpaired) electrons. The highest BCUT2D eigenvalue weighted by Crippen LogP contribution is 2.11. The van der Waals surface area contributed by atoms with E-state index in [-0.39, 0.29) is 5.54 Å². The zero-order valence-electron chi connectivity index (χ0n) is 11.2. The molecule has 96 valence electrons. The van der Waals surface area contributed by atoms with Crippen LogP contribution in [-0.4, -0.2) is 32.9 Å². The Morgan fingerprint density at radius 3 is 2.29 bits per heavy atom. The fourth-order valence-electron chi connectivity index (χ4n) is 1.75. The normalized spacial score (nSPS) is 11.5. The summed E-state index contributed by atoms with van der Waals surface area (Å²) in [5.41, 5.74) is 1.34. The topological polar surface area (TPSA) is 30.5 Å². The summed E-state index contributed by atoms with van der Waals surface area (Å²) in [4.78, 5) is 0. The molecule has 3 heteroatoms. The van der Waals surface area contributed by atoms with Gasteiger partial charge in [0.2, 0.25) is 0 Å². The van der Waals surface area contributed by atoms with E-state index in [4.69, 9.17) is 9.47 Å². The van der Waals surface area contributed by atoms with Crippen molar-refractivity contribution < 1.29 is 9.47 Å². The summed E-state index contributed by atoms with van der Waals surface area (Å²) in [5.74, 6) is 0.904. The van der Waals surface area contributed by atoms with Crippen LogP contribution in [0.5, 0.6) is 5.75 Å². The fraction of sp³-hybridized carbons (Fsp3) is 0.571. The predicted molar refractivity (Wildman–Crippen MR) is 70.7 cm³/mol. The number of nitrogens with one attached hydrogen (secondary N) is 1. The maximum Gasteiger partial charge on any atom is 0.118 e. The van der Waals surface area contributed by atoms with Gasteiger partial charge in [-0.25, -0.2) is 0 Å². The summed E-state index contributed by atoms with van der Waals surface area (Å²) < 4.78 is 10.3. The van der Waals surface area contributed by atoms with E-state index in [9.17, 15) is 0 Å². The molecule has 0 aliphatic rings. The van der Waals surface area contributed by atoms with Crippen LogP contribution in [0.15, 0.2) is 24.3 Å². The van der Waals surface area contributed by atoms with Gasteiger partial charge in [0.25, 0.3) is 0 Å². The Bertz CT molecular complexity index is 319. The van der Waals surface area contributed by atoms with E-state index >= 15 is 0 Å². The fourth-order valence-corrected chi connectivity index (χ4v) is 1.75. The van der Waals surface area contributed by atoms with E-state index in [2.05, 4.69) is 31.3 Å². The Kier molecular flexibility index (Phi) is 5.45. The average Bonchev–Trinajstić information content (AvgIpc) is 2.29. The van der Waals surface area contributed by atoms with Crippen molar-refractivity contribution in [2.45, 2.75) is 25.8 Å². The van der Waals surface area contributed by atoms with Gasteiger partial charge in [0.15, 0.2) is 0 Å². The standard InChI is InChI=1S/C14H23NO2/c1-14(2,11-16-3)15-10-9-12-5-7-13(17-4)8-6-12/h5-8,15H,9-11H2,1-4H3. The Balaban J connectivity index is 2.35. The number of hydrogen-bond donors (Lipinski definition) is 1. The first-order valence-electron chi connectivity index (χ1n) is 5.94. The van der Waals surface area contributed by atoms with Crippen LogP contribution >= 0.6 is 0 Å². The summed E-state index contributed by atoms with van der Waals surface area (Å²) in [6.07, 6.45) is 1.01. The number of rotatable bonds is 7. The summed E-state index contributed by atoms with van der Waals surface area (Å²) >= 11 is 0. The number of ether oxygens (including phenoxy) is 2. The highest BCUT2D eigenvalue weighted by Gasteiger charge is 2.15. The Morgan fingerprint density at radius 2 is 1.76 bits per heavy atom. The molecule has 0 aliphatic carbocycles. The van der Waals surface area contributed by atoms with Gasteiger partial charge in [-0.3, -0.25) is 0 Å². The highest BCUT2D eigenvalue weighted by molar-refractivity contribution is 5.27. The molecule has 0 heterocycles. The molecule has 0 saturated heterocycles. The van der Waals surface area contributed by atoms with Crippen LogP contribution in [0.4, 0.5) is 0 Å². The van der Waals surface area contributed by atoms with Crippen LogP contribution in [0.25, 0.3) is 0 Å². The third-order valence-corrected chi connectivity index (χ3v) is 2.68. The van der Waals surface area contributed by atoms with Gasteiger partial charge in [-0.05, 0) is 44.5 Å². The molecule has 17 heavy (non-hydrogen) atoms. The van der Waals surface area contributed by atoms with Gasteiger partial charge >= 0.3 is 0 Å². The van der Waals surface area contributed by atoms with Crippen molar-refractivity contribution in [1.29, 1.82) is 0 Å². The van der Waals surface area contributed by atoms with E-state index < -0.39 is 0 Å². The molecule has 0 fully saturated rings. The van der Waals surface area contributed by atoms with Crippen molar-refractivity contribution in [2.24, 2.45) is 0 Å². The monoisotopic (exact) mass is 237 g/mol. The lowest BCUT2D eigenvalue weighted by Gasteiger charge is -2.25. The van der Waals surface area contributed by atoms with Crippen molar-refractivity contribution in [2.75, 3.05) is 27.4 Å². The molecule has 1 rings (SSSR count). The van der Waals surface area contributed by atoms with Gasteiger partial charge in [0.05, 0.1) is 13.7 Å². The van der Waals surface area contributed by atoms with Crippen molar-refractivity contribution >= 4 is 0 Å². The van der Waals surface area contributed by atoms with Crippen LogP contribution < -0.4 is 10.1 Å². The molecule has 1 aromatic carbocycles. The Labute approximate surface area is 104 Å². The lowest BCUT2D eigenvalue weighted by molar-refractivity contribution is 0.129. The summed E-state index contributed by atoms with van der Waals surface area (Å²) in [6, 6.07) is 8.19. The molecule has 1 N–H and O–H groups in total. The van der Waals surface area contributed by atoms with Crippen molar-refractivity contribution in [1.82, 2.24) is 5.32 Å². The van der Waals surface area contributed by atoms with Gasteiger partial charge in [-0.2, -0.15) is 0 Å². The maximum absolute atomic E-state index is 5.16. The zero-order valence-corrected chi connectivity index (χ0v) is 11.2. The molecule has 1 aromatic rings. The molecule has 0 spiro atoms. The predicted octanol–water partition coefficient (Wildman–Crippen LogP) is 2.25. The summed E-state index contributed by atoms with van der Waals surface area (Å²) in [5, 5.41) is 3.48. The number of benzene rings is 1. The summed E-state index contributed by atoms with van der Waals surface area (Å²) in [7, 11) is 3.41. The summed E-state index contributed by atoms with van der Waals surface area (Å²) in [6.45, 7) is 5.95. The van der Waals surface area contributed by atoms with Crippen LogP contribution in [0.1, 0.15) is 19.4 Å². The Hall–Kier alpha value is -1.06. The van der Waals surface area contributed by atoms with E-state index in [1.165, 1.54) is 5.56 Å². The second-order valence-corrected chi connectivity index (χ2v) is 4.84. The minimum Gasteiger partial charge on any atom is -0.497 e. The molecule has 0 atom stereocenters. The largest absolute Gasteiger partial charge is 0.497 e. The first-order valence-corrected chi connectivity index (χ1v) is 5.94.